The Morgan fingerprint density at radius 1 is 1.00 bits per heavy atom. The zero-order valence-electron chi connectivity index (χ0n) is 8.10. The van der Waals surface area contributed by atoms with Gasteiger partial charge in [0.1, 0.15) is 0 Å². The van der Waals surface area contributed by atoms with Crippen molar-refractivity contribution in [2.75, 3.05) is 0 Å². The molecule has 1 heteroatoms. The second-order valence-corrected chi connectivity index (χ2v) is 3.60. The molecular weight excluding hydrogens is 134 g/mol. The topological polar surface area (TPSA) is 12.4 Å². The second kappa shape index (κ2) is 2.80. The third-order valence-corrected chi connectivity index (χ3v) is 3.01. The van der Waals surface area contributed by atoms with Gasteiger partial charge in [-0.25, -0.2) is 0 Å². The van der Waals surface area contributed by atoms with Crippen molar-refractivity contribution in [3.8, 4) is 0 Å². The largest absolute Gasteiger partial charge is 0.263 e. The number of rotatable bonds is 0. The summed E-state index contributed by atoms with van der Waals surface area (Å²) in [5, 5.41) is 0. The fraction of sp³-hybridized carbons (Fsp3) is 0.700. The van der Waals surface area contributed by atoms with E-state index in [0.717, 1.165) is 0 Å². The average Bonchev–Trinajstić information content (AvgIpc) is 1.97. The van der Waals surface area contributed by atoms with Crippen LogP contribution in [-0.4, -0.2) is 5.71 Å². The van der Waals surface area contributed by atoms with E-state index in [-0.39, 0.29) is 0 Å². The molecule has 2 unspecified atom stereocenters. The standard InChI is InChI=1S/C10H17N/c1-6-7(2)9(4)11-10(5)8(6)3/h6-7H,1-5H3. The molecule has 1 aliphatic rings. The molecule has 1 aliphatic heterocycles. The van der Waals surface area contributed by atoms with Crippen LogP contribution in [0.3, 0.4) is 0 Å². The van der Waals surface area contributed by atoms with Crippen LogP contribution < -0.4 is 0 Å². The van der Waals surface area contributed by atoms with E-state index in [4.69, 9.17) is 0 Å². The summed E-state index contributed by atoms with van der Waals surface area (Å²) in [7, 11) is 0. The van der Waals surface area contributed by atoms with Crippen molar-refractivity contribution >= 4 is 5.71 Å². The average molecular weight is 151 g/mol. The van der Waals surface area contributed by atoms with E-state index >= 15 is 0 Å². The lowest BCUT2D eigenvalue weighted by Gasteiger charge is -2.26. The Morgan fingerprint density at radius 3 is 2.09 bits per heavy atom. The number of hydrogen-bond acceptors (Lipinski definition) is 1. The molecule has 0 aliphatic carbocycles. The van der Waals surface area contributed by atoms with E-state index in [9.17, 15) is 0 Å². The van der Waals surface area contributed by atoms with Crippen molar-refractivity contribution in [1.82, 2.24) is 0 Å². The Hall–Kier alpha value is -0.590. The van der Waals surface area contributed by atoms with Crippen molar-refractivity contribution in [3.05, 3.63) is 11.3 Å². The zero-order chi connectivity index (χ0) is 8.59. The first kappa shape index (κ1) is 8.51. The summed E-state index contributed by atoms with van der Waals surface area (Å²) < 4.78 is 0. The predicted molar refractivity (Wildman–Crippen MR) is 49.8 cm³/mol. The lowest BCUT2D eigenvalue weighted by molar-refractivity contribution is 0.539. The Balaban J connectivity index is 3.01. The van der Waals surface area contributed by atoms with Crippen LogP contribution in [0, 0.1) is 11.8 Å². The fourth-order valence-corrected chi connectivity index (χ4v) is 1.52. The normalized spacial score (nSPS) is 32.3. The Labute approximate surface area is 69.2 Å². The zero-order valence-corrected chi connectivity index (χ0v) is 8.10. The van der Waals surface area contributed by atoms with Gasteiger partial charge in [-0.3, -0.25) is 4.99 Å². The Morgan fingerprint density at radius 2 is 1.55 bits per heavy atom. The maximum atomic E-state index is 4.49. The molecule has 1 heterocycles. The van der Waals surface area contributed by atoms with Gasteiger partial charge in [0.2, 0.25) is 0 Å². The summed E-state index contributed by atoms with van der Waals surface area (Å²) in [5.41, 5.74) is 3.94. The van der Waals surface area contributed by atoms with Gasteiger partial charge in [0, 0.05) is 17.3 Å². The highest BCUT2D eigenvalue weighted by molar-refractivity contribution is 5.86. The third kappa shape index (κ3) is 1.37. The molecule has 0 aromatic rings. The van der Waals surface area contributed by atoms with Crippen LogP contribution in [0.15, 0.2) is 16.3 Å². The molecule has 1 nitrogen and oxygen atoms in total. The van der Waals surface area contributed by atoms with Gasteiger partial charge in [0.05, 0.1) is 0 Å². The fourth-order valence-electron chi connectivity index (χ4n) is 1.52. The summed E-state index contributed by atoms with van der Waals surface area (Å²) in [6.45, 7) is 10.9. The van der Waals surface area contributed by atoms with E-state index in [1.54, 1.807) is 0 Å². The first-order chi connectivity index (χ1) is 5.04. The highest BCUT2D eigenvalue weighted by Crippen LogP contribution is 2.28. The number of aliphatic imine (C=N–C) groups is 1. The van der Waals surface area contributed by atoms with E-state index in [2.05, 4.69) is 39.6 Å². The monoisotopic (exact) mass is 151 g/mol. The molecule has 0 saturated carbocycles. The summed E-state index contributed by atoms with van der Waals surface area (Å²) >= 11 is 0. The molecule has 0 aromatic heterocycles. The smallest absolute Gasteiger partial charge is 0.0364 e. The summed E-state index contributed by atoms with van der Waals surface area (Å²) in [4.78, 5) is 4.49. The lowest BCUT2D eigenvalue weighted by atomic mass is 9.83. The quantitative estimate of drug-likeness (QED) is 0.504. The molecule has 0 fully saturated rings. The van der Waals surface area contributed by atoms with Crippen molar-refractivity contribution in [1.29, 1.82) is 0 Å². The highest BCUT2D eigenvalue weighted by Gasteiger charge is 2.21. The maximum absolute atomic E-state index is 4.49. The minimum absolute atomic E-state index is 0.624. The molecule has 11 heavy (non-hydrogen) atoms. The van der Waals surface area contributed by atoms with Crippen LogP contribution in [0.25, 0.3) is 0 Å². The Bertz CT molecular complexity index is 223. The molecule has 62 valence electrons. The second-order valence-electron chi connectivity index (χ2n) is 3.60. The lowest BCUT2D eigenvalue weighted by Crippen LogP contribution is -2.21. The maximum Gasteiger partial charge on any atom is 0.0364 e. The molecule has 0 bridgehead atoms. The van der Waals surface area contributed by atoms with Crippen LogP contribution in [0.2, 0.25) is 0 Å². The van der Waals surface area contributed by atoms with Crippen molar-refractivity contribution in [2.45, 2.75) is 34.6 Å². The predicted octanol–water partition coefficient (Wildman–Crippen LogP) is 3.03. The number of allylic oxidation sites excluding steroid dienone is 2. The molecule has 1 rings (SSSR count). The molecule has 0 aromatic carbocycles. The first-order valence-electron chi connectivity index (χ1n) is 4.26. The van der Waals surface area contributed by atoms with Gasteiger partial charge >= 0.3 is 0 Å². The van der Waals surface area contributed by atoms with Crippen LogP contribution in [0.1, 0.15) is 34.6 Å². The summed E-state index contributed by atoms with van der Waals surface area (Å²) in [6.07, 6.45) is 0. The number of hydrogen-bond donors (Lipinski definition) is 0. The molecule has 0 saturated heterocycles. The van der Waals surface area contributed by atoms with Crippen LogP contribution >= 0.6 is 0 Å². The molecular formula is C10H17N. The van der Waals surface area contributed by atoms with Crippen LogP contribution in [0.5, 0.6) is 0 Å². The minimum atomic E-state index is 0.624. The third-order valence-electron chi connectivity index (χ3n) is 3.01. The van der Waals surface area contributed by atoms with Gasteiger partial charge in [-0.2, -0.15) is 0 Å². The SMILES string of the molecule is CC1=NC(C)=C(C)C(C)C1C. The molecule has 0 amide bonds. The van der Waals surface area contributed by atoms with Gasteiger partial charge in [-0.1, -0.05) is 13.8 Å². The van der Waals surface area contributed by atoms with Gasteiger partial charge in [-0.05, 0) is 32.3 Å². The minimum Gasteiger partial charge on any atom is -0.263 e. The van der Waals surface area contributed by atoms with E-state index in [0.29, 0.717) is 11.8 Å². The van der Waals surface area contributed by atoms with Crippen molar-refractivity contribution in [3.63, 3.8) is 0 Å². The summed E-state index contributed by atoms with van der Waals surface area (Å²) in [6, 6.07) is 0. The van der Waals surface area contributed by atoms with E-state index in [1.807, 2.05) is 0 Å². The molecule has 0 radical (unpaired) electrons. The summed E-state index contributed by atoms with van der Waals surface area (Å²) in [5.74, 6) is 1.30. The van der Waals surface area contributed by atoms with Gasteiger partial charge in [0.15, 0.2) is 0 Å². The highest BCUT2D eigenvalue weighted by atomic mass is 14.8. The number of nitrogens with zero attached hydrogens (tertiary/aromatic N) is 1. The van der Waals surface area contributed by atoms with E-state index < -0.39 is 0 Å². The molecule has 0 N–H and O–H groups in total. The Kier molecular flexibility index (Phi) is 2.17. The van der Waals surface area contributed by atoms with Crippen LogP contribution in [-0.2, 0) is 0 Å². The van der Waals surface area contributed by atoms with Gasteiger partial charge in [-0.15, -0.1) is 0 Å². The molecule has 0 spiro atoms. The van der Waals surface area contributed by atoms with E-state index in [1.165, 1.54) is 17.0 Å². The van der Waals surface area contributed by atoms with Gasteiger partial charge < -0.3 is 0 Å². The van der Waals surface area contributed by atoms with Gasteiger partial charge in [0.25, 0.3) is 0 Å². The molecule has 2 atom stereocenters. The van der Waals surface area contributed by atoms with Crippen molar-refractivity contribution < 1.29 is 0 Å². The van der Waals surface area contributed by atoms with Crippen LogP contribution in [0.4, 0.5) is 0 Å². The first-order valence-corrected chi connectivity index (χ1v) is 4.26. The van der Waals surface area contributed by atoms with Crippen molar-refractivity contribution in [2.24, 2.45) is 16.8 Å².